The smallest absolute Gasteiger partial charge is 0.246 e. The van der Waals surface area contributed by atoms with Gasteiger partial charge in [-0.25, -0.2) is 0 Å². The highest BCUT2D eigenvalue weighted by Crippen LogP contribution is 2.22. The lowest BCUT2D eigenvalue weighted by Gasteiger charge is -2.19. The molecule has 36 heavy (non-hydrogen) atoms. The molecular weight excluding hydrogens is 453 g/mol. The summed E-state index contributed by atoms with van der Waals surface area (Å²) in [5.74, 6) is -0.225. The number of hydrogen-bond donors (Lipinski definition) is 3. The van der Waals surface area contributed by atoms with Crippen molar-refractivity contribution in [1.82, 2.24) is 5.32 Å². The SMILES string of the molecule is [B]C1OC(CO)C(OCC(=O)NCCCCCCCCCCCCCCCCCCCCCC)[C@@H]1O. The molecular formula is C29H56BNO5. The second kappa shape index (κ2) is 23.5. The maximum absolute atomic E-state index is 11.9. The second-order valence-electron chi connectivity index (χ2n) is 10.7. The van der Waals surface area contributed by atoms with Crippen LogP contribution in [-0.2, 0) is 14.3 Å². The molecule has 1 aliphatic rings. The first-order valence-corrected chi connectivity index (χ1v) is 15.2. The Hall–Kier alpha value is -0.625. The van der Waals surface area contributed by atoms with Crippen LogP contribution < -0.4 is 5.32 Å². The Morgan fingerprint density at radius 3 is 1.61 bits per heavy atom. The summed E-state index contributed by atoms with van der Waals surface area (Å²) in [5.41, 5.74) is 0. The maximum atomic E-state index is 11.9. The molecule has 2 radical (unpaired) electrons. The van der Waals surface area contributed by atoms with E-state index in [1.54, 1.807) is 0 Å². The van der Waals surface area contributed by atoms with E-state index >= 15 is 0 Å². The van der Waals surface area contributed by atoms with E-state index in [1.165, 1.54) is 116 Å². The normalized spacial score (nSPS) is 21.8. The molecule has 0 bridgehead atoms. The van der Waals surface area contributed by atoms with Crippen molar-refractivity contribution >= 4 is 13.8 Å². The van der Waals surface area contributed by atoms with E-state index in [0.717, 1.165) is 12.8 Å². The number of hydrogen-bond acceptors (Lipinski definition) is 5. The Bertz CT molecular complexity index is 510. The average molecular weight is 510 g/mol. The van der Waals surface area contributed by atoms with Gasteiger partial charge in [0, 0.05) is 12.5 Å². The summed E-state index contributed by atoms with van der Waals surface area (Å²) < 4.78 is 10.6. The molecule has 1 rings (SSSR count). The Balaban J connectivity index is 1.77. The molecule has 0 aromatic carbocycles. The van der Waals surface area contributed by atoms with E-state index in [9.17, 15) is 15.0 Å². The van der Waals surface area contributed by atoms with Gasteiger partial charge >= 0.3 is 0 Å². The van der Waals surface area contributed by atoms with Crippen molar-refractivity contribution in [2.75, 3.05) is 19.8 Å². The van der Waals surface area contributed by atoms with Gasteiger partial charge in [-0.05, 0) is 6.42 Å². The van der Waals surface area contributed by atoms with E-state index in [4.69, 9.17) is 17.3 Å². The zero-order valence-corrected chi connectivity index (χ0v) is 23.3. The molecule has 0 aromatic rings. The zero-order chi connectivity index (χ0) is 26.3. The maximum Gasteiger partial charge on any atom is 0.246 e. The van der Waals surface area contributed by atoms with Crippen LogP contribution in [0.1, 0.15) is 135 Å². The number of ether oxygens (including phenoxy) is 2. The molecule has 0 aromatic heterocycles. The van der Waals surface area contributed by atoms with Gasteiger partial charge < -0.3 is 25.0 Å². The molecule has 3 N–H and O–H groups in total. The monoisotopic (exact) mass is 509 g/mol. The van der Waals surface area contributed by atoms with Crippen LogP contribution in [0.4, 0.5) is 0 Å². The molecule has 1 fully saturated rings. The first-order valence-electron chi connectivity index (χ1n) is 15.2. The van der Waals surface area contributed by atoms with Crippen LogP contribution in [0, 0.1) is 0 Å². The fraction of sp³-hybridized carbons (Fsp3) is 0.966. The summed E-state index contributed by atoms with van der Waals surface area (Å²) in [4.78, 5) is 11.9. The summed E-state index contributed by atoms with van der Waals surface area (Å²) in [5, 5.41) is 22.0. The van der Waals surface area contributed by atoms with Crippen molar-refractivity contribution in [3.63, 3.8) is 0 Å². The van der Waals surface area contributed by atoms with E-state index in [0.29, 0.717) is 6.54 Å². The van der Waals surface area contributed by atoms with Gasteiger partial charge in [0.15, 0.2) is 0 Å². The highest BCUT2D eigenvalue weighted by atomic mass is 16.6. The Labute approximate surface area is 223 Å². The molecule has 0 spiro atoms. The van der Waals surface area contributed by atoms with Gasteiger partial charge in [0.25, 0.3) is 0 Å². The molecule has 1 aliphatic heterocycles. The molecule has 0 aliphatic carbocycles. The third-order valence-electron chi connectivity index (χ3n) is 7.31. The van der Waals surface area contributed by atoms with E-state index in [2.05, 4.69) is 12.2 Å². The molecule has 1 saturated heterocycles. The van der Waals surface area contributed by atoms with Crippen molar-refractivity contribution < 1.29 is 24.5 Å². The minimum atomic E-state index is -1.04. The molecule has 1 heterocycles. The lowest BCUT2D eigenvalue weighted by molar-refractivity contribution is -0.131. The van der Waals surface area contributed by atoms with Crippen LogP contribution in [0.3, 0.4) is 0 Å². The van der Waals surface area contributed by atoms with Gasteiger partial charge in [0.05, 0.1) is 6.61 Å². The molecule has 3 unspecified atom stereocenters. The highest BCUT2D eigenvalue weighted by molar-refractivity contribution is 6.11. The molecule has 0 saturated carbocycles. The third kappa shape index (κ3) is 17.0. The summed E-state index contributed by atoms with van der Waals surface area (Å²) >= 11 is 0. The summed E-state index contributed by atoms with van der Waals surface area (Å²) in [6, 6.07) is -0.899. The standard InChI is InChI=1S/C29H56BNO5/c1-2-3-4-5-6-7-8-9-10-11-12-13-14-15-16-17-18-19-20-21-22-31-26(33)24-35-28-25(23-32)36-29(30)27(28)34/h25,27-29,32,34H,2-24H2,1H3,(H,31,33)/t25?,27-,28?,29?/m0/s1. The van der Waals surface area contributed by atoms with Crippen LogP contribution in [0.5, 0.6) is 0 Å². The van der Waals surface area contributed by atoms with Crippen molar-refractivity contribution in [3.05, 3.63) is 0 Å². The lowest BCUT2D eigenvalue weighted by Crippen LogP contribution is -2.40. The summed E-state index contributed by atoms with van der Waals surface area (Å²) in [6.45, 7) is 2.43. The molecule has 7 heteroatoms. The molecule has 4 atom stereocenters. The fourth-order valence-corrected chi connectivity index (χ4v) is 4.95. The molecule has 210 valence electrons. The number of unbranched alkanes of at least 4 members (excludes halogenated alkanes) is 19. The minimum absolute atomic E-state index is 0.173. The van der Waals surface area contributed by atoms with Crippen LogP contribution in [0.25, 0.3) is 0 Å². The number of aliphatic hydroxyl groups is 2. The summed E-state index contributed by atoms with van der Waals surface area (Å²) in [6.07, 6.45) is 24.5. The van der Waals surface area contributed by atoms with E-state index in [1.807, 2.05) is 0 Å². The predicted molar refractivity (Wildman–Crippen MR) is 148 cm³/mol. The Morgan fingerprint density at radius 1 is 0.778 bits per heavy atom. The number of carbonyl (C=O) groups excluding carboxylic acids is 1. The van der Waals surface area contributed by atoms with Gasteiger partial charge in [-0.1, -0.05) is 129 Å². The van der Waals surface area contributed by atoms with Gasteiger partial charge in [-0.3, -0.25) is 4.79 Å². The third-order valence-corrected chi connectivity index (χ3v) is 7.31. The topological polar surface area (TPSA) is 88.0 Å². The van der Waals surface area contributed by atoms with Crippen LogP contribution in [0.2, 0.25) is 0 Å². The van der Waals surface area contributed by atoms with Crippen LogP contribution >= 0.6 is 0 Å². The number of aliphatic hydroxyl groups excluding tert-OH is 2. The zero-order valence-electron chi connectivity index (χ0n) is 23.3. The predicted octanol–water partition coefficient (Wildman–Crippen LogP) is 5.56. The van der Waals surface area contributed by atoms with Crippen molar-refractivity contribution in [3.8, 4) is 0 Å². The van der Waals surface area contributed by atoms with Crippen LogP contribution in [0.15, 0.2) is 0 Å². The van der Waals surface area contributed by atoms with Gasteiger partial charge in [-0.15, -0.1) is 0 Å². The van der Waals surface area contributed by atoms with Crippen molar-refractivity contribution in [2.45, 2.75) is 160 Å². The van der Waals surface area contributed by atoms with Gasteiger partial charge in [0.2, 0.25) is 5.91 Å². The first kappa shape index (κ1) is 33.4. The van der Waals surface area contributed by atoms with Gasteiger partial charge in [0.1, 0.15) is 32.8 Å². The first-order chi connectivity index (χ1) is 17.6. The fourth-order valence-electron chi connectivity index (χ4n) is 4.95. The lowest BCUT2D eigenvalue weighted by atomic mass is 9.93. The Kier molecular flexibility index (Phi) is 21.8. The number of nitrogens with one attached hydrogen (secondary N) is 1. The highest BCUT2D eigenvalue weighted by Gasteiger charge is 2.41. The van der Waals surface area contributed by atoms with Gasteiger partial charge in [-0.2, -0.15) is 0 Å². The molecule has 1 amide bonds. The van der Waals surface area contributed by atoms with Crippen molar-refractivity contribution in [2.24, 2.45) is 0 Å². The van der Waals surface area contributed by atoms with Crippen molar-refractivity contribution in [1.29, 1.82) is 0 Å². The molecule has 6 nitrogen and oxygen atoms in total. The largest absolute Gasteiger partial charge is 0.394 e. The number of carbonyl (C=O) groups is 1. The van der Waals surface area contributed by atoms with E-state index in [-0.39, 0.29) is 19.1 Å². The number of rotatable bonds is 25. The average Bonchev–Trinajstić information content (AvgIpc) is 3.16. The summed E-state index contributed by atoms with van der Waals surface area (Å²) in [7, 11) is 5.60. The second-order valence-corrected chi connectivity index (χ2v) is 10.7. The van der Waals surface area contributed by atoms with E-state index < -0.39 is 24.3 Å². The Morgan fingerprint density at radius 2 is 1.19 bits per heavy atom. The number of amides is 1. The quantitative estimate of drug-likeness (QED) is 0.111. The minimum Gasteiger partial charge on any atom is -0.394 e. The van der Waals surface area contributed by atoms with Crippen LogP contribution in [-0.4, -0.2) is 68.0 Å².